The van der Waals surface area contributed by atoms with Crippen LogP contribution in [0.25, 0.3) is 38.9 Å². The Bertz CT molecular complexity index is 1290. The van der Waals surface area contributed by atoms with Crippen molar-refractivity contribution in [2.45, 2.75) is 26.2 Å². The van der Waals surface area contributed by atoms with Gasteiger partial charge < -0.3 is 0 Å². The van der Waals surface area contributed by atoms with E-state index < -0.39 is 0 Å². The number of aromatic nitrogens is 7. The van der Waals surface area contributed by atoms with Gasteiger partial charge in [-0.1, -0.05) is 51.1 Å². The highest BCUT2D eigenvalue weighted by molar-refractivity contribution is 5.97. The third kappa shape index (κ3) is 2.63. The second kappa shape index (κ2) is 5.95. The number of rotatable bonds is 2. The van der Waals surface area contributed by atoms with Crippen LogP contribution >= 0.6 is 0 Å². The predicted molar refractivity (Wildman–Crippen MR) is 108 cm³/mol. The first-order valence-corrected chi connectivity index (χ1v) is 9.12. The summed E-state index contributed by atoms with van der Waals surface area (Å²) in [4.78, 5) is 4.66. The maximum Gasteiger partial charge on any atom is 0.184 e. The fraction of sp³-hybridized carbons (Fsp3) is 0.190. The van der Waals surface area contributed by atoms with E-state index in [9.17, 15) is 0 Å². The van der Waals surface area contributed by atoms with E-state index in [1.807, 2.05) is 12.4 Å². The van der Waals surface area contributed by atoms with Crippen molar-refractivity contribution in [1.82, 2.24) is 35.2 Å². The van der Waals surface area contributed by atoms with Crippen LogP contribution in [0, 0.1) is 0 Å². The lowest BCUT2D eigenvalue weighted by Gasteiger charge is -2.21. The quantitative estimate of drug-likeness (QED) is 0.508. The second-order valence-electron chi connectivity index (χ2n) is 7.91. The number of nitrogens with one attached hydrogen (secondary N) is 1. The van der Waals surface area contributed by atoms with Crippen molar-refractivity contribution in [2.24, 2.45) is 0 Å². The molecular weight excluding hydrogens is 350 g/mol. The van der Waals surface area contributed by atoms with Crippen LogP contribution < -0.4 is 0 Å². The number of fused-ring (bicyclic) bond motifs is 2. The largest absolute Gasteiger partial charge is 0.239 e. The highest BCUT2D eigenvalue weighted by Crippen LogP contribution is 2.34. The van der Waals surface area contributed by atoms with Crippen molar-refractivity contribution in [2.75, 3.05) is 0 Å². The van der Waals surface area contributed by atoms with Gasteiger partial charge in [0.05, 0.1) is 11.8 Å². The zero-order valence-electron chi connectivity index (χ0n) is 15.9. The van der Waals surface area contributed by atoms with Crippen LogP contribution in [0.15, 0.2) is 55.0 Å². The summed E-state index contributed by atoms with van der Waals surface area (Å²) in [6.07, 6.45) is 5.61. The molecule has 0 atom stereocenters. The molecule has 1 N–H and O–H groups in total. The lowest BCUT2D eigenvalue weighted by molar-refractivity contribution is 0.591. The summed E-state index contributed by atoms with van der Waals surface area (Å²) in [6, 6.07) is 13.0. The van der Waals surface area contributed by atoms with E-state index in [0.717, 1.165) is 16.7 Å². The van der Waals surface area contributed by atoms with Crippen LogP contribution in [0.1, 0.15) is 26.3 Å². The Hall–Kier alpha value is -3.61. The van der Waals surface area contributed by atoms with Crippen molar-refractivity contribution < 1.29 is 0 Å². The molecule has 2 aromatic carbocycles. The first kappa shape index (κ1) is 16.6. The van der Waals surface area contributed by atoms with Gasteiger partial charge in [-0.2, -0.15) is 5.10 Å². The van der Waals surface area contributed by atoms with Crippen LogP contribution in [0.3, 0.4) is 0 Å². The van der Waals surface area contributed by atoms with Gasteiger partial charge in [-0.25, -0.2) is 14.6 Å². The number of hydrogen-bond donors (Lipinski definition) is 1. The normalized spacial score (nSPS) is 12.1. The van der Waals surface area contributed by atoms with Gasteiger partial charge in [0.25, 0.3) is 0 Å². The molecular formula is C21H19N7. The fourth-order valence-corrected chi connectivity index (χ4v) is 3.44. The zero-order chi connectivity index (χ0) is 19.3. The van der Waals surface area contributed by atoms with E-state index in [0.29, 0.717) is 11.5 Å². The number of nitrogens with zero attached hydrogens (tertiary/aromatic N) is 6. The molecule has 5 rings (SSSR count). The first-order valence-electron chi connectivity index (χ1n) is 9.12. The minimum atomic E-state index is 0.0501. The van der Waals surface area contributed by atoms with Crippen molar-refractivity contribution in [3.8, 4) is 22.5 Å². The molecule has 0 amide bonds. The average Bonchev–Trinajstić information content (AvgIpc) is 3.35. The minimum Gasteiger partial charge on any atom is -0.239 e. The first-order chi connectivity index (χ1) is 13.5. The number of H-pyrrole nitrogens is 1. The Labute approximate surface area is 161 Å². The minimum absolute atomic E-state index is 0.0501. The number of aromatic amines is 1. The molecule has 0 radical (unpaired) electrons. The van der Waals surface area contributed by atoms with Crippen LogP contribution in [0.2, 0.25) is 0 Å². The molecule has 0 aliphatic rings. The molecule has 7 heteroatoms. The van der Waals surface area contributed by atoms with Crippen molar-refractivity contribution in [3.05, 3.63) is 60.6 Å². The highest BCUT2D eigenvalue weighted by Gasteiger charge is 2.18. The lowest BCUT2D eigenvalue weighted by atomic mass is 9.83. The van der Waals surface area contributed by atoms with E-state index in [2.05, 4.69) is 87.9 Å². The summed E-state index contributed by atoms with van der Waals surface area (Å²) in [7, 11) is 0. The molecule has 3 heterocycles. The smallest absolute Gasteiger partial charge is 0.184 e. The third-order valence-electron chi connectivity index (χ3n) is 5.00. The average molecular weight is 369 g/mol. The van der Waals surface area contributed by atoms with Crippen LogP contribution in [-0.4, -0.2) is 35.2 Å². The topological polar surface area (TPSA) is 84.6 Å². The zero-order valence-corrected chi connectivity index (χ0v) is 15.9. The van der Waals surface area contributed by atoms with Gasteiger partial charge in [0.1, 0.15) is 0 Å². The van der Waals surface area contributed by atoms with E-state index in [1.165, 1.54) is 16.3 Å². The summed E-state index contributed by atoms with van der Waals surface area (Å²) in [5.41, 5.74) is 4.98. The van der Waals surface area contributed by atoms with Gasteiger partial charge in [0, 0.05) is 18.0 Å². The molecule has 3 aromatic heterocycles. The molecule has 0 aliphatic carbocycles. The second-order valence-corrected chi connectivity index (χ2v) is 7.91. The Kier molecular flexibility index (Phi) is 3.52. The Morgan fingerprint density at radius 3 is 2.64 bits per heavy atom. The molecule has 0 saturated carbocycles. The maximum absolute atomic E-state index is 4.66. The molecule has 7 nitrogen and oxygen atoms in total. The summed E-state index contributed by atoms with van der Waals surface area (Å²) in [5.74, 6) is 0.551. The van der Waals surface area contributed by atoms with Crippen molar-refractivity contribution in [1.29, 1.82) is 0 Å². The number of hydrogen-bond acceptors (Lipinski definition) is 5. The van der Waals surface area contributed by atoms with Gasteiger partial charge in [0.2, 0.25) is 0 Å². The van der Waals surface area contributed by atoms with Crippen molar-refractivity contribution >= 4 is 16.4 Å². The van der Waals surface area contributed by atoms with E-state index in [4.69, 9.17) is 0 Å². The Balaban J connectivity index is 1.73. The van der Waals surface area contributed by atoms with Gasteiger partial charge >= 0.3 is 0 Å². The van der Waals surface area contributed by atoms with E-state index in [-0.39, 0.29) is 5.41 Å². The lowest BCUT2D eigenvalue weighted by Crippen LogP contribution is -2.11. The Morgan fingerprint density at radius 1 is 1.00 bits per heavy atom. The summed E-state index contributed by atoms with van der Waals surface area (Å²) in [5, 5.41) is 20.9. The highest BCUT2D eigenvalue weighted by atomic mass is 15.5. The number of benzene rings is 2. The van der Waals surface area contributed by atoms with Gasteiger partial charge in [-0.3, -0.25) is 0 Å². The molecule has 0 fully saturated rings. The van der Waals surface area contributed by atoms with Gasteiger partial charge in [0.15, 0.2) is 11.5 Å². The molecule has 0 unspecified atom stereocenters. The molecule has 0 spiro atoms. The summed E-state index contributed by atoms with van der Waals surface area (Å²) < 4.78 is 1.77. The molecule has 0 saturated heterocycles. The van der Waals surface area contributed by atoms with E-state index >= 15 is 0 Å². The molecule has 0 aliphatic heterocycles. The van der Waals surface area contributed by atoms with Crippen LogP contribution in [0.5, 0.6) is 0 Å². The fourth-order valence-electron chi connectivity index (χ4n) is 3.44. The molecule has 5 aromatic rings. The van der Waals surface area contributed by atoms with Gasteiger partial charge in [-0.15, -0.1) is 5.10 Å². The molecule has 0 bridgehead atoms. The molecule has 28 heavy (non-hydrogen) atoms. The van der Waals surface area contributed by atoms with Crippen LogP contribution in [0.4, 0.5) is 0 Å². The van der Waals surface area contributed by atoms with E-state index in [1.54, 1.807) is 10.7 Å². The maximum atomic E-state index is 4.66. The third-order valence-corrected chi connectivity index (χ3v) is 5.00. The Morgan fingerprint density at radius 2 is 1.86 bits per heavy atom. The van der Waals surface area contributed by atoms with Crippen LogP contribution in [-0.2, 0) is 5.41 Å². The van der Waals surface area contributed by atoms with Crippen molar-refractivity contribution in [3.63, 3.8) is 0 Å². The van der Waals surface area contributed by atoms with Gasteiger partial charge in [-0.05, 0) is 43.8 Å². The monoisotopic (exact) mass is 369 g/mol. The molecule has 138 valence electrons. The summed E-state index contributed by atoms with van der Waals surface area (Å²) in [6.45, 7) is 6.69. The predicted octanol–water partition coefficient (Wildman–Crippen LogP) is 4.03. The number of tetrazole rings is 1. The summed E-state index contributed by atoms with van der Waals surface area (Å²) >= 11 is 0. The SMILES string of the molecule is CC(C)(C)c1cc(-c2cnc3c(-c4nnn[nH]4)cnn3c2)c2ccccc2c1. The standard InChI is InChI=1S/C21H19N7/c1-21(2,3)15-8-13-6-4-5-7-16(13)17(9-15)14-10-22-20-18(11-23-28(20)12-14)19-24-26-27-25-19/h4-12H,1-3H3,(H,24,25,26,27).